The van der Waals surface area contributed by atoms with Gasteiger partial charge in [0.05, 0.1) is 25.0 Å². The number of hydrogen-bond donors (Lipinski definition) is 2. The fourth-order valence-corrected chi connectivity index (χ4v) is 6.15. The van der Waals surface area contributed by atoms with E-state index in [4.69, 9.17) is 9.47 Å². The van der Waals surface area contributed by atoms with Crippen molar-refractivity contribution in [2.24, 2.45) is 23.7 Å². The Labute approximate surface area is 190 Å². The minimum atomic E-state index is -0.913. The molecular formula is C24H27NO6S. The normalized spacial score (nSPS) is 23.7. The van der Waals surface area contributed by atoms with Crippen LogP contribution in [0, 0.1) is 23.7 Å². The second-order valence-electron chi connectivity index (χ2n) is 8.24. The van der Waals surface area contributed by atoms with E-state index in [9.17, 15) is 19.5 Å². The summed E-state index contributed by atoms with van der Waals surface area (Å²) in [6.45, 7) is 4.40. The van der Waals surface area contributed by atoms with Gasteiger partial charge in [0.1, 0.15) is 16.3 Å². The predicted octanol–water partition coefficient (Wildman–Crippen LogP) is 4.68. The number of thiophene rings is 1. The Morgan fingerprint density at radius 3 is 2.38 bits per heavy atom. The van der Waals surface area contributed by atoms with Gasteiger partial charge in [-0.05, 0) is 62.6 Å². The van der Waals surface area contributed by atoms with Crippen molar-refractivity contribution in [1.82, 2.24) is 0 Å². The molecule has 4 atom stereocenters. The maximum Gasteiger partial charge on any atom is 0.341 e. The lowest BCUT2D eigenvalue weighted by molar-refractivity contribution is -0.148. The molecule has 1 amide bonds. The van der Waals surface area contributed by atoms with Gasteiger partial charge in [-0.15, -0.1) is 11.3 Å². The van der Waals surface area contributed by atoms with E-state index >= 15 is 0 Å². The van der Waals surface area contributed by atoms with Crippen LogP contribution in [-0.2, 0) is 14.3 Å². The minimum absolute atomic E-state index is 0.0560. The second kappa shape index (κ2) is 9.32. The van der Waals surface area contributed by atoms with Gasteiger partial charge in [0.25, 0.3) is 0 Å². The van der Waals surface area contributed by atoms with Gasteiger partial charge >= 0.3 is 11.9 Å². The van der Waals surface area contributed by atoms with Gasteiger partial charge < -0.3 is 19.9 Å². The monoisotopic (exact) mass is 457 g/mol. The molecule has 2 bridgehead atoms. The van der Waals surface area contributed by atoms with Crippen molar-refractivity contribution in [1.29, 1.82) is 0 Å². The van der Waals surface area contributed by atoms with Crippen molar-refractivity contribution >= 4 is 34.2 Å². The van der Waals surface area contributed by atoms with Gasteiger partial charge in [-0.3, -0.25) is 9.59 Å². The van der Waals surface area contributed by atoms with Gasteiger partial charge in [0.2, 0.25) is 5.91 Å². The number of ether oxygens (including phenoxy) is 2. The van der Waals surface area contributed by atoms with Crippen LogP contribution in [0.25, 0.3) is 11.1 Å². The van der Waals surface area contributed by atoms with E-state index in [1.54, 1.807) is 6.92 Å². The number of esters is 1. The third-order valence-electron chi connectivity index (χ3n) is 6.49. The van der Waals surface area contributed by atoms with E-state index in [0.29, 0.717) is 22.7 Å². The van der Waals surface area contributed by atoms with Crippen molar-refractivity contribution in [2.75, 3.05) is 18.5 Å². The summed E-state index contributed by atoms with van der Waals surface area (Å²) in [4.78, 5) is 37.8. The Morgan fingerprint density at radius 1 is 1.06 bits per heavy atom. The zero-order valence-electron chi connectivity index (χ0n) is 18.1. The first kappa shape index (κ1) is 22.3. The summed E-state index contributed by atoms with van der Waals surface area (Å²) in [7, 11) is 0. The quantitative estimate of drug-likeness (QED) is 0.558. The van der Waals surface area contributed by atoms with Crippen LogP contribution in [0.3, 0.4) is 0 Å². The Bertz CT molecular complexity index is 1010. The first-order chi connectivity index (χ1) is 15.4. The lowest BCUT2D eigenvalue weighted by atomic mass is 9.79. The molecule has 0 radical (unpaired) electrons. The number of amides is 1. The molecule has 0 aliphatic heterocycles. The highest BCUT2D eigenvalue weighted by Gasteiger charge is 2.54. The average molecular weight is 458 g/mol. The van der Waals surface area contributed by atoms with Gasteiger partial charge in [-0.2, -0.15) is 0 Å². The first-order valence-electron chi connectivity index (χ1n) is 11.0. The Morgan fingerprint density at radius 2 is 1.75 bits per heavy atom. The number of rotatable bonds is 8. The summed E-state index contributed by atoms with van der Waals surface area (Å²) >= 11 is 1.24. The van der Waals surface area contributed by atoms with E-state index in [0.717, 1.165) is 30.6 Å². The standard InChI is InChI=1S/C24H27NO6S/c1-3-30-16-9-7-13(8-10-16)17-12-32-22(20(17)24(29)31-4-2)25-21(26)18-14-5-6-15(11-14)19(18)23(27)28/h7-10,12,14-15,18-19H,3-6,11H2,1-2H3,(H,25,26)(H,27,28)/t14-,15+,18+,19+/m1/s1. The zero-order valence-corrected chi connectivity index (χ0v) is 18.9. The molecule has 0 unspecified atom stereocenters. The fourth-order valence-electron chi connectivity index (χ4n) is 5.18. The van der Waals surface area contributed by atoms with Crippen LogP contribution in [0.15, 0.2) is 29.6 Å². The van der Waals surface area contributed by atoms with Gasteiger partial charge in [0, 0.05) is 10.9 Å². The molecule has 2 aromatic rings. The fraction of sp³-hybridized carbons (Fsp3) is 0.458. The molecule has 2 N–H and O–H groups in total. The Hall–Kier alpha value is -2.87. The summed E-state index contributed by atoms with van der Waals surface area (Å²) in [6, 6.07) is 7.38. The van der Waals surface area contributed by atoms with Crippen LogP contribution in [0.4, 0.5) is 5.00 Å². The molecule has 1 aromatic heterocycles. The number of carbonyl (C=O) groups is 3. The van der Waals surface area contributed by atoms with Crippen LogP contribution >= 0.6 is 11.3 Å². The number of benzene rings is 1. The molecule has 2 saturated carbocycles. The number of carboxylic acids is 1. The van der Waals surface area contributed by atoms with Crippen LogP contribution in [0.5, 0.6) is 5.75 Å². The Balaban J connectivity index is 1.63. The minimum Gasteiger partial charge on any atom is -0.494 e. The summed E-state index contributed by atoms with van der Waals surface area (Å²) in [5, 5.41) is 14.8. The third kappa shape index (κ3) is 4.11. The van der Waals surface area contributed by atoms with Crippen molar-refractivity contribution in [3.05, 3.63) is 35.2 Å². The molecule has 0 saturated heterocycles. The molecule has 8 heteroatoms. The summed E-state index contributed by atoms with van der Waals surface area (Å²) in [6.07, 6.45) is 2.52. The lowest BCUT2D eigenvalue weighted by Gasteiger charge is -2.27. The number of anilines is 1. The van der Waals surface area contributed by atoms with E-state index in [2.05, 4.69) is 5.32 Å². The van der Waals surface area contributed by atoms with Crippen molar-refractivity contribution < 1.29 is 29.0 Å². The van der Waals surface area contributed by atoms with E-state index < -0.39 is 23.8 Å². The maximum atomic E-state index is 13.2. The molecule has 170 valence electrons. The largest absolute Gasteiger partial charge is 0.494 e. The highest BCUT2D eigenvalue weighted by Crippen LogP contribution is 2.53. The number of aliphatic carboxylic acids is 1. The van der Waals surface area contributed by atoms with Crippen molar-refractivity contribution in [2.45, 2.75) is 33.1 Å². The topological polar surface area (TPSA) is 102 Å². The van der Waals surface area contributed by atoms with Gasteiger partial charge in [-0.1, -0.05) is 12.1 Å². The molecule has 1 heterocycles. The van der Waals surface area contributed by atoms with Gasteiger partial charge in [-0.25, -0.2) is 4.79 Å². The number of nitrogens with one attached hydrogen (secondary N) is 1. The first-order valence-corrected chi connectivity index (χ1v) is 11.9. The SMILES string of the molecule is CCOC(=O)c1c(-c2ccc(OCC)cc2)csc1NC(=O)[C@H]1[C@@H]2CC[C@@H](C2)[C@@H]1C(=O)O. The predicted molar refractivity (Wildman–Crippen MR) is 121 cm³/mol. The lowest BCUT2D eigenvalue weighted by Crippen LogP contribution is -2.37. The van der Waals surface area contributed by atoms with E-state index in [1.165, 1.54) is 11.3 Å². The molecule has 0 spiro atoms. The van der Waals surface area contributed by atoms with Crippen LogP contribution < -0.4 is 10.1 Å². The Kier molecular flexibility index (Phi) is 6.50. The summed E-state index contributed by atoms with van der Waals surface area (Å²) in [5.41, 5.74) is 1.76. The highest BCUT2D eigenvalue weighted by atomic mass is 32.1. The number of carboxylic acid groups (broad SMARTS) is 1. The second-order valence-corrected chi connectivity index (χ2v) is 9.12. The maximum absolute atomic E-state index is 13.2. The number of fused-ring (bicyclic) bond motifs is 2. The molecule has 2 aliphatic carbocycles. The number of hydrogen-bond acceptors (Lipinski definition) is 6. The molecule has 2 fully saturated rings. The van der Waals surface area contributed by atoms with Gasteiger partial charge in [0.15, 0.2) is 0 Å². The summed E-state index contributed by atoms with van der Waals surface area (Å²) in [5.74, 6) is -2.12. The average Bonchev–Trinajstić information content (AvgIpc) is 3.49. The molecule has 32 heavy (non-hydrogen) atoms. The molecular weight excluding hydrogens is 430 g/mol. The van der Waals surface area contributed by atoms with Crippen molar-refractivity contribution in [3.63, 3.8) is 0 Å². The molecule has 1 aromatic carbocycles. The van der Waals surface area contributed by atoms with Crippen LogP contribution in [0.1, 0.15) is 43.5 Å². The zero-order chi connectivity index (χ0) is 22.8. The molecule has 7 nitrogen and oxygen atoms in total. The highest BCUT2D eigenvalue weighted by molar-refractivity contribution is 7.15. The van der Waals surface area contributed by atoms with Crippen LogP contribution in [-0.4, -0.2) is 36.2 Å². The number of carbonyl (C=O) groups excluding carboxylic acids is 2. The third-order valence-corrected chi connectivity index (χ3v) is 7.38. The van der Waals surface area contributed by atoms with Crippen LogP contribution in [0.2, 0.25) is 0 Å². The molecule has 4 rings (SSSR count). The summed E-state index contributed by atoms with van der Waals surface area (Å²) < 4.78 is 10.8. The van der Waals surface area contributed by atoms with Crippen molar-refractivity contribution in [3.8, 4) is 16.9 Å². The van der Waals surface area contributed by atoms with E-state index in [1.807, 2.05) is 36.6 Å². The van der Waals surface area contributed by atoms with E-state index in [-0.39, 0.29) is 24.3 Å². The molecule has 2 aliphatic rings. The smallest absolute Gasteiger partial charge is 0.341 e.